The van der Waals surface area contributed by atoms with Gasteiger partial charge in [-0.05, 0) is 29.8 Å². The molecule has 0 aliphatic carbocycles. The first-order valence-corrected chi connectivity index (χ1v) is 6.92. The monoisotopic (exact) mass is 331 g/mol. The number of fused-ring (bicyclic) bond motifs is 1. The van der Waals surface area contributed by atoms with Gasteiger partial charge in [0, 0.05) is 21.6 Å². The Balaban J connectivity index is 2.05. The molecule has 20 heavy (non-hydrogen) atoms. The standard InChI is InChI=1S/C16H11BrFNO/c17-12-5-6-13(14(18)9-12)16(20)11-4-3-10-2-1-7-19-15(10)8-11/h1-9,16,20H. The number of rotatable bonds is 2. The molecule has 0 amide bonds. The summed E-state index contributed by atoms with van der Waals surface area (Å²) >= 11 is 3.20. The maximum atomic E-state index is 13.9. The summed E-state index contributed by atoms with van der Waals surface area (Å²) in [7, 11) is 0. The number of aliphatic hydroxyl groups is 1. The van der Waals surface area contributed by atoms with Crippen LogP contribution in [0.5, 0.6) is 0 Å². The van der Waals surface area contributed by atoms with Gasteiger partial charge in [0.05, 0.1) is 5.52 Å². The summed E-state index contributed by atoms with van der Waals surface area (Å²) in [5, 5.41) is 11.3. The van der Waals surface area contributed by atoms with Crippen LogP contribution in [-0.2, 0) is 0 Å². The van der Waals surface area contributed by atoms with Gasteiger partial charge in [-0.2, -0.15) is 0 Å². The molecule has 3 rings (SSSR count). The highest BCUT2D eigenvalue weighted by Gasteiger charge is 2.15. The molecule has 2 aromatic carbocycles. The lowest BCUT2D eigenvalue weighted by Crippen LogP contribution is -2.02. The quantitative estimate of drug-likeness (QED) is 0.762. The van der Waals surface area contributed by atoms with Crippen molar-refractivity contribution in [2.24, 2.45) is 0 Å². The fourth-order valence-corrected chi connectivity index (χ4v) is 2.49. The van der Waals surface area contributed by atoms with Crippen molar-refractivity contribution in [1.29, 1.82) is 0 Å². The van der Waals surface area contributed by atoms with Crippen LogP contribution in [0.1, 0.15) is 17.2 Å². The molecule has 0 spiro atoms. The average molecular weight is 332 g/mol. The lowest BCUT2D eigenvalue weighted by Gasteiger charge is -2.13. The number of aliphatic hydroxyl groups excluding tert-OH is 1. The zero-order chi connectivity index (χ0) is 14.1. The SMILES string of the molecule is OC(c1ccc2cccnc2c1)c1ccc(Br)cc1F. The smallest absolute Gasteiger partial charge is 0.130 e. The van der Waals surface area contributed by atoms with Gasteiger partial charge in [-0.25, -0.2) is 4.39 Å². The first-order chi connectivity index (χ1) is 9.65. The van der Waals surface area contributed by atoms with Crippen molar-refractivity contribution >= 4 is 26.8 Å². The minimum absolute atomic E-state index is 0.253. The minimum Gasteiger partial charge on any atom is -0.384 e. The van der Waals surface area contributed by atoms with Crippen LogP contribution in [0.4, 0.5) is 4.39 Å². The second-order valence-electron chi connectivity index (χ2n) is 4.52. The topological polar surface area (TPSA) is 33.1 Å². The van der Waals surface area contributed by atoms with Gasteiger partial charge >= 0.3 is 0 Å². The molecular formula is C16H11BrFNO. The number of hydrogen-bond donors (Lipinski definition) is 1. The fourth-order valence-electron chi connectivity index (χ4n) is 2.16. The molecule has 2 nitrogen and oxygen atoms in total. The van der Waals surface area contributed by atoms with Crippen LogP contribution >= 0.6 is 15.9 Å². The molecule has 1 atom stereocenters. The highest BCUT2D eigenvalue weighted by molar-refractivity contribution is 9.10. The second-order valence-corrected chi connectivity index (χ2v) is 5.44. The van der Waals surface area contributed by atoms with E-state index >= 15 is 0 Å². The minimum atomic E-state index is -1.01. The van der Waals surface area contributed by atoms with E-state index in [-0.39, 0.29) is 5.56 Å². The van der Waals surface area contributed by atoms with Gasteiger partial charge in [-0.1, -0.05) is 40.2 Å². The van der Waals surface area contributed by atoms with E-state index < -0.39 is 11.9 Å². The lowest BCUT2D eigenvalue weighted by molar-refractivity contribution is 0.215. The van der Waals surface area contributed by atoms with Crippen LogP contribution < -0.4 is 0 Å². The largest absolute Gasteiger partial charge is 0.384 e. The van der Waals surface area contributed by atoms with Crippen LogP contribution in [0.3, 0.4) is 0 Å². The zero-order valence-corrected chi connectivity index (χ0v) is 12.0. The summed E-state index contributed by atoms with van der Waals surface area (Å²) in [6, 6.07) is 13.9. The highest BCUT2D eigenvalue weighted by Crippen LogP contribution is 2.28. The van der Waals surface area contributed by atoms with Crippen LogP contribution in [0.2, 0.25) is 0 Å². The molecule has 0 radical (unpaired) electrons. The third kappa shape index (κ3) is 2.44. The Labute approximate surface area is 124 Å². The molecule has 0 fully saturated rings. The summed E-state index contributed by atoms with van der Waals surface area (Å²) < 4.78 is 14.5. The second kappa shape index (κ2) is 5.31. The van der Waals surface area contributed by atoms with E-state index in [9.17, 15) is 9.50 Å². The molecule has 0 bridgehead atoms. The number of halogens is 2. The Kier molecular flexibility index (Phi) is 3.51. The molecule has 0 saturated heterocycles. The van der Waals surface area contributed by atoms with Gasteiger partial charge in [0.25, 0.3) is 0 Å². The Morgan fingerprint density at radius 2 is 1.95 bits per heavy atom. The molecule has 100 valence electrons. The van der Waals surface area contributed by atoms with Crippen molar-refractivity contribution in [3.63, 3.8) is 0 Å². The molecule has 1 N–H and O–H groups in total. The van der Waals surface area contributed by atoms with Crippen molar-refractivity contribution < 1.29 is 9.50 Å². The summed E-state index contributed by atoms with van der Waals surface area (Å²) in [6.07, 6.45) is 0.688. The number of benzene rings is 2. The number of aromatic nitrogens is 1. The number of nitrogens with zero attached hydrogens (tertiary/aromatic N) is 1. The Morgan fingerprint density at radius 3 is 2.75 bits per heavy atom. The predicted octanol–water partition coefficient (Wildman–Crippen LogP) is 4.22. The molecule has 4 heteroatoms. The molecule has 3 aromatic rings. The molecule has 0 saturated carbocycles. The Bertz CT molecular complexity index is 775. The van der Waals surface area contributed by atoms with Crippen LogP contribution in [0, 0.1) is 5.82 Å². The fraction of sp³-hybridized carbons (Fsp3) is 0.0625. The molecule has 1 heterocycles. The van der Waals surface area contributed by atoms with Gasteiger partial charge in [-0.3, -0.25) is 4.98 Å². The maximum Gasteiger partial charge on any atom is 0.130 e. The van der Waals surface area contributed by atoms with Crippen LogP contribution in [0.15, 0.2) is 59.2 Å². The molecule has 1 unspecified atom stereocenters. The van der Waals surface area contributed by atoms with Gasteiger partial charge in [0.2, 0.25) is 0 Å². The van der Waals surface area contributed by atoms with E-state index in [0.29, 0.717) is 10.0 Å². The van der Waals surface area contributed by atoms with Crippen molar-refractivity contribution in [1.82, 2.24) is 4.98 Å². The summed E-state index contributed by atoms with van der Waals surface area (Å²) in [4.78, 5) is 4.24. The van der Waals surface area contributed by atoms with Gasteiger partial charge in [0.15, 0.2) is 0 Å². The van der Waals surface area contributed by atoms with Crippen molar-refractivity contribution in [3.8, 4) is 0 Å². The van der Waals surface area contributed by atoms with E-state index in [1.165, 1.54) is 6.07 Å². The van der Waals surface area contributed by atoms with Crippen molar-refractivity contribution in [2.45, 2.75) is 6.10 Å². The number of hydrogen-bond acceptors (Lipinski definition) is 2. The Morgan fingerprint density at radius 1 is 1.10 bits per heavy atom. The highest BCUT2D eigenvalue weighted by atomic mass is 79.9. The zero-order valence-electron chi connectivity index (χ0n) is 10.4. The normalized spacial score (nSPS) is 12.6. The van der Waals surface area contributed by atoms with E-state index in [1.807, 2.05) is 18.2 Å². The van der Waals surface area contributed by atoms with E-state index in [2.05, 4.69) is 20.9 Å². The van der Waals surface area contributed by atoms with Crippen LogP contribution in [-0.4, -0.2) is 10.1 Å². The van der Waals surface area contributed by atoms with Gasteiger partial charge < -0.3 is 5.11 Å². The summed E-state index contributed by atoms with van der Waals surface area (Å²) in [6.45, 7) is 0. The summed E-state index contributed by atoms with van der Waals surface area (Å²) in [5.74, 6) is -0.437. The predicted molar refractivity (Wildman–Crippen MR) is 79.9 cm³/mol. The third-order valence-corrected chi connectivity index (χ3v) is 3.70. The lowest BCUT2D eigenvalue weighted by atomic mass is 10.00. The maximum absolute atomic E-state index is 13.9. The van der Waals surface area contributed by atoms with E-state index in [0.717, 1.165) is 10.9 Å². The van der Waals surface area contributed by atoms with E-state index in [4.69, 9.17) is 0 Å². The molecule has 0 aliphatic heterocycles. The molecule has 0 aliphatic rings. The van der Waals surface area contributed by atoms with Crippen molar-refractivity contribution in [2.75, 3.05) is 0 Å². The van der Waals surface area contributed by atoms with Crippen LogP contribution in [0.25, 0.3) is 10.9 Å². The number of pyridine rings is 1. The van der Waals surface area contributed by atoms with Gasteiger partial charge in [-0.15, -0.1) is 0 Å². The average Bonchev–Trinajstić information content (AvgIpc) is 2.46. The first-order valence-electron chi connectivity index (χ1n) is 6.13. The first kappa shape index (κ1) is 13.2. The van der Waals surface area contributed by atoms with Crippen molar-refractivity contribution in [3.05, 3.63) is 76.1 Å². The Hall–Kier alpha value is -1.78. The third-order valence-electron chi connectivity index (χ3n) is 3.20. The molecule has 1 aromatic heterocycles. The van der Waals surface area contributed by atoms with Gasteiger partial charge in [0.1, 0.15) is 11.9 Å². The summed E-state index contributed by atoms with van der Waals surface area (Å²) in [5.41, 5.74) is 1.66. The molecular weight excluding hydrogens is 321 g/mol. The van der Waals surface area contributed by atoms with E-state index in [1.54, 1.807) is 30.5 Å².